The average molecular weight is 310 g/mol. The maximum absolute atomic E-state index is 11.9. The van der Waals surface area contributed by atoms with Crippen LogP contribution in [0, 0.1) is 5.41 Å². The lowest BCUT2D eigenvalue weighted by molar-refractivity contribution is -0.179. The third-order valence-electron chi connectivity index (χ3n) is 3.73. The van der Waals surface area contributed by atoms with Gasteiger partial charge in [0.05, 0.1) is 32.8 Å². The minimum atomic E-state index is -0.491. The van der Waals surface area contributed by atoms with E-state index in [2.05, 4.69) is 0 Å². The van der Waals surface area contributed by atoms with Crippen LogP contribution in [-0.2, 0) is 14.2 Å². The van der Waals surface area contributed by atoms with Crippen LogP contribution in [0.2, 0.25) is 0 Å². The van der Waals surface area contributed by atoms with Crippen molar-refractivity contribution >= 4 is 5.97 Å². The number of methoxy groups -OCH3 is 2. The van der Waals surface area contributed by atoms with E-state index < -0.39 is 11.4 Å². The van der Waals surface area contributed by atoms with Crippen LogP contribution in [0.5, 0.6) is 17.2 Å². The predicted molar refractivity (Wildman–Crippen MR) is 74.5 cm³/mol. The summed E-state index contributed by atoms with van der Waals surface area (Å²) in [5, 5.41) is 0. The zero-order chi connectivity index (χ0) is 15.6. The van der Waals surface area contributed by atoms with Gasteiger partial charge in [0.25, 0.3) is 0 Å². The summed E-state index contributed by atoms with van der Waals surface area (Å²) in [6.07, 6.45) is 0. The molecule has 7 heteroatoms. The highest BCUT2D eigenvalue weighted by atomic mass is 16.7. The summed E-state index contributed by atoms with van der Waals surface area (Å²) >= 11 is 0. The highest BCUT2D eigenvalue weighted by Crippen LogP contribution is 2.44. The van der Waals surface area contributed by atoms with Crippen molar-refractivity contribution in [2.24, 2.45) is 5.41 Å². The molecule has 1 aromatic rings. The summed E-state index contributed by atoms with van der Waals surface area (Å²) in [4.78, 5) is 11.9. The van der Waals surface area contributed by atoms with E-state index in [9.17, 15) is 4.79 Å². The number of benzene rings is 1. The third-order valence-corrected chi connectivity index (χ3v) is 3.73. The van der Waals surface area contributed by atoms with Crippen LogP contribution in [0.1, 0.15) is 10.4 Å². The minimum absolute atomic E-state index is 0.269. The monoisotopic (exact) mass is 310 g/mol. The van der Waals surface area contributed by atoms with Gasteiger partial charge >= 0.3 is 5.97 Å². The molecule has 0 unspecified atom stereocenters. The van der Waals surface area contributed by atoms with E-state index >= 15 is 0 Å². The smallest absolute Gasteiger partial charge is 0.341 e. The number of esters is 1. The standard InChI is InChI=1S/C15H18O7/c1-17-11-4-3-10(14(16)18-2)12-13(11)22-8-15(7-21-12)5-19-9-20-6-15/h3-4H,5-9H2,1-2H3. The van der Waals surface area contributed by atoms with Crippen molar-refractivity contribution in [3.05, 3.63) is 17.7 Å². The fraction of sp³-hybridized carbons (Fsp3) is 0.533. The Morgan fingerprint density at radius 1 is 1.05 bits per heavy atom. The number of rotatable bonds is 2. The van der Waals surface area contributed by atoms with Crippen LogP contribution in [0.15, 0.2) is 12.1 Å². The van der Waals surface area contributed by atoms with Crippen molar-refractivity contribution in [3.8, 4) is 17.2 Å². The molecule has 0 amide bonds. The minimum Gasteiger partial charge on any atom is -0.493 e. The lowest BCUT2D eigenvalue weighted by Crippen LogP contribution is -2.45. The first-order valence-corrected chi connectivity index (χ1v) is 6.89. The Balaban J connectivity index is 1.97. The second-order valence-corrected chi connectivity index (χ2v) is 5.36. The molecule has 3 rings (SSSR count). The van der Waals surface area contributed by atoms with Gasteiger partial charge in [-0.2, -0.15) is 0 Å². The molecule has 2 aliphatic heterocycles. The van der Waals surface area contributed by atoms with E-state index in [-0.39, 0.29) is 6.79 Å². The lowest BCUT2D eigenvalue weighted by atomic mass is 9.92. The van der Waals surface area contributed by atoms with Crippen LogP contribution < -0.4 is 14.2 Å². The van der Waals surface area contributed by atoms with Gasteiger partial charge in [0.2, 0.25) is 5.75 Å². The Bertz CT molecular complexity index is 563. The Morgan fingerprint density at radius 3 is 2.36 bits per heavy atom. The summed E-state index contributed by atoms with van der Waals surface area (Å²) in [5.41, 5.74) is -0.108. The Hall–Kier alpha value is -1.99. The lowest BCUT2D eigenvalue weighted by Gasteiger charge is -2.33. The second kappa shape index (κ2) is 6.02. The van der Waals surface area contributed by atoms with Crippen LogP contribution in [0.4, 0.5) is 0 Å². The molecular formula is C15H18O7. The van der Waals surface area contributed by atoms with E-state index in [1.807, 2.05) is 0 Å². The summed E-state index contributed by atoms with van der Waals surface area (Å²) in [6.45, 7) is 1.87. The van der Waals surface area contributed by atoms with E-state index in [1.54, 1.807) is 12.1 Å². The normalized spacial score (nSPS) is 19.4. The molecule has 0 bridgehead atoms. The van der Waals surface area contributed by atoms with Crippen LogP contribution in [-0.4, -0.2) is 53.4 Å². The zero-order valence-electron chi connectivity index (χ0n) is 12.5. The topological polar surface area (TPSA) is 72.5 Å². The Kier molecular flexibility index (Phi) is 4.08. The maximum Gasteiger partial charge on any atom is 0.341 e. The van der Waals surface area contributed by atoms with Gasteiger partial charge in [-0.15, -0.1) is 0 Å². The van der Waals surface area contributed by atoms with E-state index in [0.717, 1.165) is 0 Å². The highest BCUT2D eigenvalue weighted by Gasteiger charge is 2.40. The van der Waals surface area contributed by atoms with E-state index in [1.165, 1.54) is 14.2 Å². The number of carbonyl (C=O) groups is 1. The first-order chi connectivity index (χ1) is 10.7. The summed E-state index contributed by atoms with van der Waals surface area (Å²) in [7, 11) is 2.85. The molecular weight excluding hydrogens is 292 g/mol. The Labute approximate surface area is 128 Å². The predicted octanol–water partition coefficient (Wildman–Crippen LogP) is 1.24. The molecule has 0 radical (unpaired) electrons. The van der Waals surface area contributed by atoms with E-state index in [0.29, 0.717) is 49.2 Å². The van der Waals surface area contributed by atoms with Crippen molar-refractivity contribution in [2.45, 2.75) is 0 Å². The van der Waals surface area contributed by atoms with E-state index in [4.69, 9.17) is 28.4 Å². The molecule has 2 heterocycles. The summed E-state index contributed by atoms with van der Waals surface area (Å²) < 4.78 is 32.6. The van der Waals surface area contributed by atoms with Crippen molar-refractivity contribution in [3.63, 3.8) is 0 Å². The highest BCUT2D eigenvalue weighted by molar-refractivity contribution is 5.94. The second-order valence-electron chi connectivity index (χ2n) is 5.36. The zero-order valence-corrected chi connectivity index (χ0v) is 12.5. The molecule has 1 spiro atoms. The van der Waals surface area contributed by atoms with Crippen molar-refractivity contribution in [1.29, 1.82) is 0 Å². The largest absolute Gasteiger partial charge is 0.493 e. The van der Waals surface area contributed by atoms with Gasteiger partial charge < -0.3 is 28.4 Å². The number of ether oxygens (including phenoxy) is 6. The van der Waals surface area contributed by atoms with Gasteiger partial charge in [-0.1, -0.05) is 0 Å². The van der Waals surface area contributed by atoms with Gasteiger partial charge in [-0.25, -0.2) is 4.79 Å². The van der Waals surface area contributed by atoms with Crippen LogP contribution in [0.25, 0.3) is 0 Å². The molecule has 7 nitrogen and oxygen atoms in total. The quantitative estimate of drug-likeness (QED) is 0.761. The van der Waals surface area contributed by atoms with Crippen molar-refractivity contribution < 1.29 is 33.2 Å². The number of hydrogen-bond acceptors (Lipinski definition) is 7. The molecule has 1 saturated heterocycles. The third kappa shape index (κ3) is 2.57. The van der Waals surface area contributed by atoms with Gasteiger partial charge in [-0.3, -0.25) is 0 Å². The molecule has 0 atom stereocenters. The fourth-order valence-electron chi connectivity index (χ4n) is 2.53. The molecule has 22 heavy (non-hydrogen) atoms. The summed E-state index contributed by atoms with van der Waals surface area (Å²) in [5.74, 6) is 0.730. The number of hydrogen-bond donors (Lipinski definition) is 0. The first kappa shape index (κ1) is 14.9. The van der Waals surface area contributed by atoms with Crippen molar-refractivity contribution in [2.75, 3.05) is 47.4 Å². The molecule has 120 valence electrons. The molecule has 0 aliphatic carbocycles. The van der Waals surface area contributed by atoms with Gasteiger partial charge in [0, 0.05) is 0 Å². The van der Waals surface area contributed by atoms with Gasteiger partial charge in [-0.05, 0) is 12.1 Å². The van der Waals surface area contributed by atoms with Crippen LogP contribution >= 0.6 is 0 Å². The molecule has 0 saturated carbocycles. The average Bonchev–Trinajstić information content (AvgIpc) is 2.75. The van der Waals surface area contributed by atoms with Crippen molar-refractivity contribution in [1.82, 2.24) is 0 Å². The Morgan fingerprint density at radius 2 is 1.73 bits per heavy atom. The molecule has 0 N–H and O–H groups in total. The first-order valence-electron chi connectivity index (χ1n) is 6.89. The molecule has 2 aliphatic rings. The molecule has 1 aromatic carbocycles. The van der Waals surface area contributed by atoms with Gasteiger partial charge in [0.15, 0.2) is 11.5 Å². The van der Waals surface area contributed by atoms with Gasteiger partial charge in [0.1, 0.15) is 25.6 Å². The summed E-state index contributed by atoms with van der Waals surface area (Å²) in [6, 6.07) is 3.25. The number of carbonyl (C=O) groups excluding carboxylic acids is 1. The van der Waals surface area contributed by atoms with Crippen LogP contribution in [0.3, 0.4) is 0 Å². The number of fused-ring (bicyclic) bond motifs is 1. The molecule has 1 fully saturated rings. The maximum atomic E-state index is 11.9. The SMILES string of the molecule is COC(=O)c1ccc(OC)c2c1OCC1(COCOC1)CO2. The fourth-order valence-corrected chi connectivity index (χ4v) is 2.53. The molecule has 0 aromatic heterocycles.